The topological polar surface area (TPSA) is 37.3 Å². The van der Waals surface area contributed by atoms with Gasteiger partial charge in [-0.25, -0.2) is 0 Å². The van der Waals surface area contributed by atoms with Gasteiger partial charge in [0, 0.05) is 6.42 Å². The Morgan fingerprint density at radius 3 is 2.18 bits per heavy atom. The van der Waals surface area contributed by atoms with Gasteiger partial charge in [0.25, 0.3) is 0 Å². The van der Waals surface area contributed by atoms with Crippen molar-refractivity contribution in [1.29, 1.82) is 0 Å². The van der Waals surface area contributed by atoms with Crippen LogP contribution in [0.15, 0.2) is 0 Å². The number of rotatable bonds is 7. The number of hydrogen-bond acceptors (Lipinski definition) is 1. The minimum Gasteiger partial charge on any atom is -0.481 e. The lowest BCUT2D eigenvalue weighted by Crippen LogP contribution is -1.93. The summed E-state index contributed by atoms with van der Waals surface area (Å²) in [7, 11) is 0. The predicted octanol–water partition coefficient (Wildman–Crippen LogP) is 2.82. The molecule has 0 aromatic carbocycles. The number of hydrogen-bond donors (Lipinski definition) is 1. The van der Waals surface area contributed by atoms with Crippen LogP contribution in [0.5, 0.6) is 0 Å². The van der Waals surface area contributed by atoms with Crippen LogP contribution in [-0.4, -0.2) is 11.1 Å². The Bertz CT molecular complexity index is 99.7. The highest BCUT2D eigenvalue weighted by Crippen LogP contribution is 2.06. The average Bonchev–Trinajstić information content (AvgIpc) is 1.96. The molecule has 0 aromatic heterocycles. The second kappa shape index (κ2) is 7.58. The normalized spacial score (nSPS) is 9.91. The maximum Gasteiger partial charge on any atom is 0.303 e. The molecule has 0 bridgehead atoms. The molecule has 0 saturated heterocycles. The molecule has 0 amide bonds. The summed E-state index contributed by atoms with van der Waals surface area (Å²) in [6.07, 6.45) is 7.25. The monoisotopic (exact) mass is 160 g/mol. The van der Waals surface area contributed by atoms with Gasteiger partial charge in [-0.1, -0.05) is 39.0 Å². The van der Waals surface area contributed by atoms with Crippen molar-refractivity contribution >= 4 is 5.97 Å². The summed E-state index contributed by atoms with van der Waals surface area (Å²) < 4.78 is 0. The number of carboxylic acid groups (broad SMARTS) is 1. The molecule has 0 aliphatic carbocycles. The quantitative estimate of drug-likeness (QED) is 0.459. The Morgan fingerprint density at radius 2 is 1.64 bits per heavy atom. The zero-order valence-corrected chi connectivity index (χ0v) is 7.31. The van der Waals surface area contributed by atoms with Gasteiger partial charge < -0.3 is 5.11 Å². The molecule has 0 aliphatic rings. The Kier molecular flexibility index (Phi) is 7.21. The predicted molar refractivity (Wildman–Crippen MR) is 45.6 cm³/mol. The lowest BCUT2D eigenvalue weighted by molar-refractivity contribution is -0.137. The third-order valence-corrected chi connectivity index (χ3v) is 1.74. The van der Waals surface area contributed by atoms with E-state index in [0.717, 1.165) is 12.8 Å². The summed E-state index contributed by atoms with van der Waals surface area (Å²) in [5.41, 5.74) is 0. The fourth-order valence-electron chi connectivity index (χ4n) is 1.06. The summed E-state index contributed by atoms with van der Waals surface area (Å²) in [4.78, 5) is 10.1. The van der Waals surface area contributed by atoms with E-state index in [-0.39, 0.29) is 0 Å². The average molecular weight is 160 g/mol. The van der Waals surface area contributed by atoms with Crippen molar-refractivity contribution in [2.45, 2.75) is 51.9 Å². The van der Waals surface area contributed by atoms with Crippen LogP contribution in [-0.2, 0) is 4.79 Å². The molecule has 11 heavy (non-hydrogen) atoms. The summed E-state index contributed by atoms with van der Waals surface area (Å²) in [5, 5.41) is 8.32. The Morgan fingerprint density at radius 1 is 1.09 bits per heavy atom. The molecule has 0 radical (unpaired) electrons. The first kappa shape index (κ1) is 10.5. The van der Waals surface area contributed by atoms with E-state index in [1.54, 1.807) is 0 Å². The van der Waals surface area contributed by atoms with Crippen molar-refractivity contribution in [3.05, 3.63) is 0 Å². The summed E-state index contributed by atoms with van der Waals surface area (Å²) in [6.45, 7) is 2.18. The molecule has 0 fully saturated rings. The van der Waals surface area contributed by atoms with Crippen molar-refractivity contribution < 1.29 is 9.90 Å². The van der Waals surface area contributed by atoms with Crippen LogP contribution >= 0.6 is 0 Å². The van der Waals surface area contributed by atoms with Gasteiger partial charge in [-0.3, -0.25) is 4.79 Å². The Hall–Kier alpha value is -0.530. The van der Waals surface area contributed by atoms with Gasteiger partial charge in [0.1, 0.15) is 0 Å². The summed E-state index contributed by atoms with van der Waals surface area (Å²) >= 11 is 0. The highest BCUT2D eigenvalue weighted by molar-refractivity contribution is 5.66. The largest absolute Gasteiger partial charge is 0.481 e. The maximum atomic E-state index is 10.1. The van der Waals surface area contributed by atoms with E-state index in [1.165, 1.54) is 25.7 Å². The van der Waals surface area contributed by atoms with Crippen molar-refractivity contribution in [2.24, 2.45) is 0 Å². The van der Waals surface area contributed by atoms with Crippen LogP contribution < -0.4 is 0 Å². The fourth-order valence-corrected chi connectivity index (χ4v) is 1.06. The smallest absolute Gasteiger partial charge is 0.303 e. The van der Waals surface area contributed by atoms with Crippen molar-refractivity contribution in [1.82, 2.24) is 0 Å². The highest BCUT2D eigenvalue weighted by Gasteiger charge is 1.95. The van der Waals surface area contributed by atoms with Gasteiger partial charge in [-0.2, -0.15) is 0 Å². The third kappa shape index (κ3) is 9.47. The lowest BCUT2D eigenvalue weighted by Gasteiger charge is -1.97. The minimum atomic E-state index is -0.666. The maximum absolute atomic E-state index is 10.1. The van der Waals surface area contributed by atoms with E-state index >= 15 is 0 Å². The van der Waals surface area contributed by atoms with Gasteiger partial charge in [0.2, 0.25) is 0 Å². The fraction of sp³-hybridized carbons (Fsp3) is 0.889. The number of carboxylic acids is 1. The first-order chi connectivity index (χ1) is 5.27. The molecule has 0 atom stereocenters. The van der Waals surface area contributed by atoms with E-state index in [4.69, 9.17) is 5.11 Å². The van der Waals surface area contributed by atoms with E-state index in [9.17, 15) is 4.79 Å². The molecule has 0 aliphatic heterocycles. The molecular weight excluding hydrogens is 142 g/mol. The lowest BCUT2D eigenvalue weighted by atomic mass is 10.1. The zero-order chi connectivity index (χ0) is 8.53. The van der Waals surface area contributed by atoms with Gasteiger partial charge in [0.15, 0.2) is 0 Å². The van der Waals surface area contributed by atoms with E-state index in [1.807, 2.05) is 0 Å². The summed E-state index contributed by atoms with van der Waals surface area (Å²) in [5.74, 6) is -0.666. The molecule has 2 nitrogen and oxygen atoms in total. The molecule has 2 heteroatoms. The van der Waals surface area contributed by atoms with Crippen LogP contribution in [0.25, 0.3) is 0 Å². The second-order valence-corrected chi connectivity index (χ2v) is 2.91. The van der Waals surface area contributed by atoms with Gasteiger partial charge in [-0.15, -0.1) is 0 Å². The van der Waals surface area contributed by atoms with Crippen molar-refractivity contribution in [3.8, 4) is 0 Å². The van der Waals surface area contributed by atoms with Crippen LogP contribution in [0.3, 0.4) is 0 Å². The molecule has 0 rings (SSSR count). The molecular formula is C9H18O2. The number of carbonyl (C=O) groups is 1. The zero-order valence-electron chi connectivity index (χ0n) is 7.31. The van der Waals surface area contributed by atoms with E-state index in [2.05, 4.69) is 6.92 Å². The molecule has 1 N–H and O–H groups in total. The van der Waals surface area contributed by atoms with Gasteiger partial charge in [-0.05, 0) is 6.42 Å². The first-order valence-corrected chi connectivity index (χ1v) is 4.49. The van der Waals surface area contributed by atoms with E-state index < -0.39 is 5.97 Å². The van der Waals surface area contributed by atoms with E-state index in [0.29, 0.717) is 6.42 Å². The van der Waals surface area contributed by atoms with Crippen molar-refractivity contribution in [2.75, 3.05) is 0 Å². The SMILES string of the molecule is CCCCCCC[13CH2][13C](=O)O. The molecule has 0 aromatic rings. The Balaban J connectivity index is 2.85. The molecule has 0 heterocycles. The molecule has 66 valence electrons. The van der Waals surface area contributed by atoms with Crippen LogP contribution in [0.4, 0.5) is 0 Å². The highest BCUT2D eigenvalue weighted by atomic mass is 16.5. The molecule has 0 spiro atoms. The second-order valence-electron chi connectivity index (χ2n) is 2.91. The molecule has 0 unspecified atom stereocenters. The van der Waals surface area contributed by atoms with Gasteiger partial charge in [0.05, 0.1) is 0 Å². The van der Waals surface area contributed by atoms with Crippen LogP contribution in [0, 0.1) is 0 Å². The summed E-state index contributed by atoms with van der Waals surface area (Å²) in [6, 6.07) is 0. The third-order valence-electron chi connectivity index (χ3n) is 1.74. The Labute approximate surface area is 68.6 Å². The standard InChI is InChI=1S/C9H18O2/c1-2-3-4-5-6-7-8-9(10)11/h2-8H2,1H3,(H,10,11)/i8+1,9+1. The van der Waals surface area contributed by atoms with Crippen LogP contribution in [0.1, 0.15) is 51.9 Å². The van der Waals surface area contributed by atoms with Gasteiger partial charge >= 0.3 is 5.97 Å². The first-order valence-electron chi connectivity index (χ1n) is 4.49. The van der Waals surface area contributed by atoms with Crippen LogP contribution in [0.2, 0.25) is 0 Å². The van der Waals surface area contributed by atoms with Crippen molar-refractivity contribution in [3.63, 3.8) is 0 Å². The number of aliphatic carboxylic acids is 1. The number of unbranched alkanes of at least 4 members (excludes halogenated alkanes) is 5. The minimum absolute atomic E-state index is 0.339. The molecule has 0 saturated carbocycles.